The van der Waals surface area contributed by atoms with Gasteiger partial charge in [-0.05, 0) is 24.1 Å². The fourth-order valence-corrected chi connectivity index (χ4v) is 1.77. The van der Waals surface area contributed by atoms with Gasteiger partial charge < -0.3 is 0 Å². The fraction of sp³-hybridized carbons (Fsp3) is 0.429. The monoisotopic (exact) mass is 206 g/mol. The van der Waals surface area contributed by atoms with Gasteiger partial charge in [-0.25, -0.2) is 4.39 Å². The molecule has 0 saturated heterocycles. The van der Waals surface area contributed by atoms with Crippen LogP contribution in [-0.4, -0.2) is 0 Å². The van der Waals surface area contributed by atoms with Crippen molar-refractivity contribution in [3.8, 4) is 0 Å². The van der Waals surface area contributed by atoms with Crippen LogP contribution >= 0.6 is 0 Å². The molecule has 0 saturated carbocycles. The summed E-state index contributed by atoms with van der Waals surface area (Å²) in [6.07, 6.45) is 6.63. The van der Waals surface area contributed by atoms with Crippen molar-refractivity contribution in [1.29, 1.82) is 0 Å². The molecule has 0 unspecified atom stereocenters. The lowest BCUT2D eigenvalue weighted by molar-refractivity contribution is 0.608. The van der Waals surface area contributed by atoms with Crippen LogP contribution in [0.2, 0.25) is 0 Å². The topological polar surface area (TPSA) is 0 Å². The molecule has 0 radical (unpaired) electrons. The summed E-state index contributed by atoms with van der Waals surface area (Å²) in [5, 5.41) is 0. The summed E-state index contributed by atoms with van der Waals surface area (Å²) in [5.74, 6) is 0.141. The highest BCUT2D eigenvalue weighted by Crippen LogP contribution is 2.23. The lowest BCUT2D eigenvalue weighted by Gasteiger charge is -2.12. The summed E-state index contributed by atoms with van der Waals surface area (Å²) >= 11 is 0. The number of hydrogen-bond donors (Lipinski definition) is 0. The lowest BCUT2D eigenvalue weighted by atomic mass is 9.93. The molecule has 0 N–H and O–H groups in total. The Kier molecular flexibility index (Phi) is 5.09. The van der Waals surface area contributed by atoms with Crippen molar-refractivity contribution in [1.82, 2.24) is 0 Å². The molecule has 1 heteroatoms. The van der Waals surface area contributed by atoms with Gasteiger partial charge in [0.2, 0.25) is 0 Å². The normalized spacial score (nSPS) is 12.4. The molecule has 0 aliphatic heterocycles. The van der Waals surface area contributed by atoms with Gasteiger partial charge in [0.1, 0.15) is 5.82 Å². The van der Waals surface area contributed by atoms with E-state index in [0.717, 1.165) is 12.0 Å². The van der Waals surface area contributed by atoms with E-state index in [1.165, 1.54) is 25.3 Å². The maximum atomic E-state index is 13.0. The molecule has 0 aliphatic rings. The molecule has 0 heterocycles. The first-order chi connectivity index (χ1) is 7.27. The van der Waals surface area contributed by atoms with E-state index >= 15 is 0 Å². The second-order valence-electron chi connectivity index (χ2n) is 3.89. The van der Waals surface area contributed by atoms with E-state index < -0.39 is 0 Å². The van der Waals surface area contributed by atoms with Gasteiger partial charge in [-0.1, -0.05) is 44.4 Å². The second kappa shape index (κ2) is 6.39. The minimum atomic E-state index is -0.158. The Bertz CT molecular complexity index is 304. The summed E-state index contributed by atoms with van der Waals surface area (Å²) in [6.45, 7) is 6.01. The molecule has 0 amide bonds. The van der Waals surface area contributed by atoms with Crippen molar-refractivity contribution < 1.29 is 4.39 Å². The van der Waals surface area contributed by atoms with Crippen molar-refractivity contribution in [3.63, 3.8) is 0 Å². The van der Waals surface area contributed by atoms with Crippen molar-refractivity contribution >= 4 is 0 Å². The Labute approximate surface area is 91.8 Å². The van der Waals surface area contributed by atoms with Crippen molar-refractivity contribution in [2.24, 2.45) is 0 Å². The van der Waals surface area contributed by atoms with E-state index in [1.807, 2.05) is 12.1 Å². The fourth-order valence-electron chi connectivity index (χ4n) is 1.77. The van der Waals surface area contributed by atoms with Gasteiger partial charge in [0.05, 0.1) is 0 Å². The van der Waals surface area contributed by atoms with Crippen LogP contribution < -0.4 is 0 Å². The SMILES string of the molecule is C=C[C@H](CCCCC)c1cccc(F)c1. The highest BCUT2D eigenvalue weighted by molar-refractivity contribution is 5.23. The zero-order valence-electron chi connectivity index (χ0n) is 9.38. The summed E-state index contributed by atoms with van der Waals surface area (Å²) in [5.41, 5.74) is 1.04. The van der Waals surface area contributed by atoms with E-state index in [1.54, 1.807) is 12.1 Å². The molecule has 0 spiro atoms. The van der Waals surface area contributed by atoms with Gasteiger partial charge in [0.15, 0.2) is 0 Å². The molecule has 0 aliphatic carbocycles. The molecular weight excluding hydrogens is 187 g/mol. The van der Waals surface area contributed by atoms with Crippen LogP contribution in [0.15, 0.2) is 36.9 Å². The van der Waals surface area contributed by atoms with Crippen LogP contribution in [0.3, 0.4) is 0 Å². The van der Waals surface area contributed by atoms with Gasteiger partial charge >= 0.3 is 0 Å². The summed E-state index contributed by atoms with van der Waals surface area (Å²) in [6, 6.07) is 6.83. The number of allylic oxidation sites excluding steroid dienone is 1. The number of halogens is 1. The van der Waals surface area contributed by atoms with E-state index in [4.69, 9.17) is 0 Å². The first kappa shape index (κ1) is 12.0. The molecule has 0 nitrogen and oxygen atoms in total. The lowest BCUT2D eigenvalue weighted by Crippen LogP contribution is -1.95. The number of benzene rings is 1. The number of hydrogen-bond acceptors (Lipinski definition) is 0. The molecule has 15 heavy (non-hydrogen) atoms. The predicted molar refractivity (Wildman–Crippen MR) is 63.5 cm³/mol. The maximum absolute atomic E-state index is 13.0. The van der Waals surface area contributed by atoms with Crippen LogP contribution in [0.4, 0.5) is 4.39 Å². The third kappa shape index (κ3) is 3.86. The van der Waals surface area contributed by atoms with Crippen molar-refractivity contribution in [2.75, 3.05) is 0 Å². The number of unbranched alkanes of at least 4 members (excludes halogenated alkanes) is 2. The van der Waals surface area contributed by atoms with Crippen LogP contribution in [0.25, 0.3) is 0 Å². The summed E-state index contributed by atoms with van der Waals surface area (Å²) < 4.78 is 13.0. The van der Waals surface area contributed by atoms with Gasteiger partial charge in [-0.15, -0.1) is 6.58 Å². The minimum Gasteiger partial charge on any atom is -0.207 e. The molecule has 1 rings (SSSR count). The Morgan fingerprint density at radius 3 is 2.80 bits per heavy atom. The second-order valence-corrected chi connectivity index (χ2v) is 3.89. The highest BCUT2D eigenvalue weighted by atomic mass is 19.1. The van der Waals surface area contributed by atoms with Crippen molar-refractivity contribution in [3.05, 3.63) is 48.3 Å². The molecule has 1 atom stereocenters. The third-order valence-corrected chi connectivity index (χ3v) is 2.68. The van der Waals surface area contributed by atoms with E-state index in [-0.39, 0.29) is 5.82 Å². The molecule has 0 bridgehead atoms. The molecule has 1 aromatic rings. The molecular formula is C14H19F. The molecule has 0 aromatic heterocycles. The van der Waals surface area contributed by atoms with E-state index in [2.05, 4.69) is 13.5 Å². The zero-order chi connectivity index (χ0) is 11.1. The smallest absolute Gasteiger partial charge is 0.123 e. The number of rotatable bonds is 6. The van der Waals surface area contributed by atoms with Gasteiger partial charge in [-0.3, -0.25) is 0 Å². The van der Waals surface area contributed by atoms with Crippen LogP contribution in [0.5, 0.6) is 0 Å². The predicted octanol–water partition coefficient (Wildman–Crippen LogP) is 4.68. The van der Waals surface area contributed by atoms with E-state index in [9.17, 15) is 4.39 Å². The molecule has 0 fully saturated rings. The molecule has 1 aromatic carbocycles. The average Bonchev–Trinajstić information content (AvgIpc) is 2.24. The Hall–Kier alpha value is -1.11. The van der Waals surface area contributed by atoms with Gasteiger partial charge in [-0.2, -0.15) is 0 Å². The highest BCUT2D eigenvalue weighted by Gasteiger charge is 2.07. The Morgan fingerprint density at radius 1 is 1.40 bits per heavy atom. The average molecular weight is 206 g/mol. The summed E-state index contributed by atoms with van der Waals surface area (Å²) in [4.78, 5) is 0. The Balaban J connectivity index is 2.61. The summed E-state index contributed by atoms with van der Waals surface area (Å²) in [7, 11) is 0. The van der Waals surface area contributed by atoms with Crippen LogP contribution in [0.1, 0.15) is 44.1 Å². The molecule has 82 valence electrons. The largest absolute Gasteiger partial charge is 0.207 e. The van der Waals surface area contributed by atoms with Gasteiger partial charge in [0, 0.05) is 5.92 Å². The first-order valence-corrected chi connectivity index (χ1v) is 5.66. The zero-order valence-corrected chi connectivity index (χ0v) is 9.38. The quantitative estimate of drug-likeness (QED) is 0.468. The standard InChI is InChI=1S/C14H19F/c1-3-5-6-8-12(4-2)13-9-7-10-14(15)11-13/h4,7,9-12H,2-3,5-6,8H2,1H3/t12-/m1/s1. The van der Waals surface area contributed by atoms with E-state index in [0.29, 0.717) is 5.92 Å². The van der Waals surface area contributed by atoms with Crippen molar-refractivity contribution in [2.45, 2.75) is 38.5 Å². The van der Waals surface area contributed by atoms with Crippen LogP contribution in [0, 0.1) is 5.82 Å². The minimum absolute atomic E-state index is 0.158. The maximum Gasteiger partial charge on any atom is 0.123 e. The van der Waals surface area contributed by atoms with Crippen LogP contribution in [-0.2, 0) is 0 Å². The van der Waals surface area contributed by atoms with Gasteiger partial charge in [0.25, 0.3) is 0 Å². The first-order valence-electron chi connectivity index (χ1n) is 5.66. The Morgan fingerprint density at radius 2 is 2.20 bits per heavy atom. The third-order valence-electron chi connectivity index (χ3n) is 2.68.